The van der Waals surface area contributed by atoms with Crippen LogP contribution in [0.3, 0.4) is 0 Å². The van der Waals surface area contributed by atoms with Crippen LogP contribution in [0.5, 0.6) is 0 Å². The summed E-state index contributed by atoms with van der Waals surface area (Å²) in [6.07, 6.45) is 1.03. The Bertz CT molecular complexity index is 491. The number of carboxylic acid groups (broad SMARTS) is 1. The van der Waals surface area contributed by atoms with Gasteiger partial charge in [-0.1, -0.05) is 0 Å². The fourth-order valence-corrected chi connectivity index (χ4v) is 1.80. The first-order chi connectivity index (χ1) is 9.40. The highest BCUT2D eigenvalue weighted by Gasteiger charge is 2.14. The summed E-state index contributed by atoms with van der Waals surface area (Å²) in [5, 5.41) is 11.0. The van der Waals surface area contributed by atoms with Gasteiger partial charge in [0.05, 0.1) is 6.04 Å². The van der Waals surface area contributed by atoms with Crippen molar-refractivity contribution in [3.8, 4) is 0 Å². The third-order valence-corrected chi connectivity index (χ3v) is 2.85. The lowest BCUT2D eigenvalue weighted by Gasteiger charge is -2.15. The molecular weight excluding hydrogens is 268 g/mol. The Morgan fingerprint density at radius 3 is 2.55 bits per heavy atom. The second-order valence-corrected chi connectivity index (χ2v) is 4.56. The van der Waals surface area contributed by atoms with E-state index in [-0.39, 0.29) is 24.3 Å². The zero-order chi connectivity index (χ0) is 15.1. The minimum atomic E-state index is -0.902. The Labute approximate surface area is 115 Å². The number of halogens is 2. The zero-order valence-corrected chi connectivity index (χ0v) is 11.2. The average molecular weight is 285 g/mol. The molecule has 0 spiro atoms. The number of hydrogen-bond acceptors (Lipinski definition) is 2. The number of benzene rings is 1. The van der Waals surface area contributed by atoms with Crippen LogP contribution in [0.1, 0.15) is 44.2 Å². The molecule has 1 unspecified atom stereocenters. The summed E-state index contributed by atoms with van der Waals surface area (Å²) < 4.78 is 26.5. The number of carboxylic acids is 1. The third-order valence-electron chi connectivity index (χ3n) is 2.85. The number of rotatable bonds is 7. The van der Waals surface area contributed by atoms with Gasteiger partial charge in [0, 0.05) is 18.4 Å². The van der Waals surface area contributed by atoms with Crippen LogP contribution in [-0.2, 0) is 9.59 Å². The van der Waals surface area contributed by atoms with E-state index in [4.69, 9.17) is 5.11 Å². The SMILES string of the molecule is CC(NC(=O)CCCCC(=O)O)c1cc(F)ccc1F. The molecule has 1 atom stereocenters. The Balaban J connectivity index is 2.45. The molecule has 1 aromatic rings. The number of unbranched alkanes of at least 4 members (excludes halogenated alkanes) is 1. The second kappa shape index (κ2) is 7.57. The van der Waals surface area contributed by atoms with E-state index in [1.807, 2.05) is 0 Å². The molecule has 0 radical (unpaired) electrons. The first-order valence-corrected chi connectivity index (χ1v) is 6.36. The lowest BCUT2D eigenvalue weighted by molar-refractivity contribution is -0.137. The molecule has 6 heteroatoms. The van der Waals surface area contributed by atoms with Gasteiger partial charge in [0.2, 0.25) is 5.91 Å². The zero-order valence-electron chi connectivity index (χ0n) is 11.2. The Kier molecular flexibility index (Phi) is 6.09. The van der Waals surface area contributed by atoms with Crippen LogP contribution in [-0.4, -0.2) is 17.0 Å². The van der Waals surface area contributed by atoms with Crippen molar-refractivity contribution in [2.75, 3.05) is 0 Å². The van der Waals surface area contributed by atoms with E-state index in [9.17, 15) is 18.4 Å². The number of nitrogens with one attached hydrogen (secondary N) is 1. The summed E-state index contributed by atoms with van der Waals surface area (Å²) in [5.74, 6) is -2.36. The summed E-state index contributed by atoms with van der Waals surface area (Å²) in [6.45, 7) is 1.56. The van der Waals surface area contributed by atoms with Gasteiger partial charge in [0.15, 0.2) is 0 Å². The van der Waals surface area contributed by atoms with Gasteiger partial charge in [-0.05, 0) is 38.0 Å². The topological polar surface area (TPSA) is 66.4 Å². The average Bonchev–Trinajstić information content (AvgIpc) is 2.37. The number of amides is 1. The predicted molar refractivity (Wildman–Crippen MR) is 69.0 cm³/mol. The molecule has 0 aliphatic heterocycles. The van der Waals surface area contributed by atoms with Crippen LogP contribution in [0.15, 0.2) is 18.2 Å². The first-order valence-electron chi connectivity index (χ1n) is 6.36. The maximum Gasteiger partial charge on any atom is 0.303 e. The maximum atomic E-state index is 13.5. The van der Waals surface area contributed by atoms with Crippen LogP contribution in [0.25, 0.3) is 0 Å². The van der Waals surface area contributed by atoms with E-state index >= 15 is 0 Å². The molecule has 1 rings (SSSR count). The summed E-state index contributed by atoms with van der Waals surface area (Å²) in [7, 11) is 0. The van der Waals surface area contributed by atoms with Crippen molar-refractivity contribution in [1.29, 1.82) is 0 Å². The van der Waals surface area contributed by atoms with E-state index < -0.39 is 23.6 Å². The van der Waals surface area contributed by atoms with E-state index in [0.29, 0.717) is 12.8 Å². The van der Waals surface area contributed by atoms with Gasteiger partial charge < -0.3 is 10.4 Å². The predicted octanol–water partition coefficient (Wildman–Crippen LogP) is 2.79. The molecule has 0 bridgehead atoms. The minimum absolute atomic E-state index is 0.0152. The fourth-order valence-electron chi connectivity index (χ4n) is 1.80. The number of carbonyl (C=O) groups is 2. The standard InChI is InChI=1S/C14H17F2NO3/c1-9(11-8-10(15)6-7-12(11)16)17-13(18)4-2-3-5-14(19)20/h6-9H,2-5H2,1H3,(H,17,18)(H,19,20). The van der Waals surface area contributed by atoms with Crippen molar-refractivity contribution >= 4 is 11.9 Å². The molecule has 0 saturated carbocycles. The highest BCUT2D eigenvalue weighted by Crippen LogP contribution is 2.18. The molecule has 4 nitrogen and oxygen atoms in total. The summed E-state index contributed by atoms with van der Waals surface area (Å²) >= 11 is 0. The molecule has 110 valence electrons. The fraction of sp³-hybridized carbons (Fsp3) is 0.429. The Morgan fingerprint density at radius 1 is 1.25 bits per heavy atom. The summed E-state index contributed by atoms with van der Waals surface area (Å²) in [5.41, 5.74) is 0.0869. The number of hydrogen-bond donors (Lipinski definition) is 2. The van der Waals surface area contributed by atoms with Crippen LogP contribution in [0.2, 0.25) is 0 Å². The van der Waals surface area contributed by atoms with Crippen LogP contribution < -0.4 is 5.32 Å². The normalized spacial score (nSPS) is 11.9. The smallest absolute Gasteiger partial charge is 0.303 e. The van der Waals surface area contributed by atoms with Crippen molar-refractivity contribution in [3.63, 3.8) is 0 Å². The molecule has 2 N–H and O–H groups in total. The largest absolute Gasteiger partial charge is 0.481 e. The molecule has 1 amide bonds. The van der Waals surface area contributed by atoms with Gasteiger partial charge in [-0.15, -0.1) is 0 Å². The Morgan fingerprint density at radius 2 is 1.90 bits per heavy atom. The van der Waals surface area contributed by atoms with Gasteiger partial charge in [-0.25, -0.2) is 8.78 Å². The van der Waals surface area contributed by atoms with Crippen molar-refractivity contribution < 1.29 is 23.5 Å². The first kappa shape index (κ1) is 16.1. The quantitative estimate of drug-likeness (QED) is 0.757. The third kappa shape index (κ3) is 5.34. The van der Waals surface area contributed by atoms with Gasteiger partial charge in [0.25, 0.3) is 0 Å². The van der Waals surface area contributed by atoms with Crippen molar-refractivity contribution in [3.05, 3.63) is 35.4 Å². The summed E-state index contributed by atoms with van der Waals surface area (Å²) in [6, 6.07) is 2.43. The van der Waals surface area contributed by atoms with Gasteiger partial charge >= 0.3 is 5.97 Å². The van der Waals surface area contributed by atoms with Gasteiger partial charge in [-0.3, -0.25) is 9.59 Å². The number of aliphatic carboxylic acids is 1. The molecule has 0 heterocycles. The molecule has 0 fully saturated rings. The molecular formula is C14H17F2NO3. The molecule has 0 saturated heterocycles. The highest BCUT2D eigenvalue weighted by molar-refractivity contribution is 5.76. The van der Waals surface area contributed by atoms with Gasteiger partial charge in [-0.2, -0.15) is 0 Å². The molecule has 20 heavy (non-hydrogen) atoms. The highest BCUT2D eigenvalue weighted by atomic mass is 19.1. The summed E-state index contributed by atoms with van der Waals surface area (Å²) in [4.78, 5) is 21.9. The van der Waals surface area contributed by atoms with E-state index in [2.05, 4.69) is 5.32 Å². The van der Waals surface area contributed by atoms with E-state index in [1.54, 1.807) is 6.92 Å². The second-order valence-electron chi connectivity index (χ2n) is 4.56. The van der Waals surface area contributed by atoms with Crippen LogP contribution >= 0.6 is 0 Å². The van der Waals surface area contributed by atoms with Crippen molar-refractivity contribution in [2.45, 2.75) is 38.6 Å². The number of carbonyl (C=O) groups excluding carboxylic acids is 1. The molecule has 1 aromatic carbocycles. The molecule has 0 aliphatic carbocycles. The maximum absolute atomic E-state index is 13.5. The van der Waals surface area contributed by atoms with E-state index in [1.165, 1.54) is 0 Å². The van der Waals surface area contributed by atoms with Crippen LogP contribution in [0, 0.1) is 11.6 Å². The van der Waals surface area contributed by atoms with Crippen LogP contribution in [0.4, 0.5) is 8.78 Å². The van der Waals surface area contributed by atoms with Gasteiger partial charge in [0.1, 0.15) is 11.6 Å². The minimum Gasteiger partial charge on any atom is -0.481 e. The molecule has 0 aliphatic rings. The molecule has 0 aromatic heterocycles. The lowest BCUT2D eigenvalue weighted by Crippen LogP contribution is -2.27. The van der Waals surface area contributed by atoms with E-state index in [0.717, 1.165) is 18.2 Å². The lowest BCUT2D eigenvalue weighted by atomic mass is 10.1. The van der Waals surface area contributed by atoms with Crippen molar-refractivity contribution in [1.82, 2.24) is 5.32 Å². The monoisotopic (exact) mass is 285 g/mol. The van der Waals surface area contributed by atoms with Crippen molar-refractivity contribution in [2.24, 2.45) is 0 Å². The Hall–Kier alpha value is -1.98.